The van der Waals surface area contributed by atoms with Crippen LogP contribution >= 0.6 is 0 Å². The average Bonchev–Trinajstić information content (AvgIpc) is 2.58. The van der Waals surface area contributed by atoms with Crippen molar-refractivity contribution in [3.8, 4) is 0 Å². The van der Waals surface area contributed by atoms with Gasteiger partial charge in [0.25, 0.3) is 0 Å². The normalized spacial score (nSPS) is 30.1. The molecule has 0 unspecified atom stereocenters. The lowest BCUT2D eigenvalue weighted by Crippen LogP contribution is -2.46. The molecule has 0 fully saturated rings. The second-order valence-corrected chi connectivity index (χ2v) is 5.33. The summed E-state index contributed by atoms with van der Waals surface area (Å²) >= 11 is 0. The van der Waals surface area contributed by atoms with Gasteiger partial charge in [0.05, 0.1) is 12.7 Å². The zero-order valence-electron chi connectivity index (χ0n) is 11.5. The molecule has 4 nitrogen and oxygen atoms in total. The summed E-state index contributed by atoms with van der Waals surface area (Å²) in [6, 6.07) is 0. The molecule has 0 radical (unpaired) electrons. The zero-order chi connectivity index (χ0) is 14.2. The van der Waals surface area contributed by atoms with E-state index in [4.69, 9.17) is 4.74 Å². The molecule has 0 aromatic heterocycles. The standard InChI is InChI=1S/C15H18O4/c1-9-11-6-4-5-7-15(8-11,14(18)19-3)13(17)12(9)10(2)16/h4-5,11H,6-8H2,1-3H3/t11-,15-/m0/s1. The number of fused-ring (bicyclic) bond motifs is 2. The molecule has 0 aromatic rings. The lowest BCUT2D eigenvalue weighted by molar-refractivity contribution is -0.158. The zero-order valence-corrected chi connectivity index (χ0v) is 11.5. The first-order valence-corrected chi connectivity index (χ1v) is 6.44. The number of ether oxygens (including phenoxy) is 1. The van der Waals surface area contributed by atoms with Gasteiger partial charge >= 0.3 is 5.97 Å². The van der Waals surface area contributed by atoms with Crippen LogP contribution in [0.5, 0.6) is 0 Å². The van der Waals surface area contributed by atoms with Crippen LogP contribution in [-0.4, -0.2) is 24.6 Å². The van der Waals surface area contributed by atoms with Gasteiger partial charge < -0.3 is 4.74 Å². The minimum Gasteiger partial charge on any atom is -0.468 e. The Balaban J connectivity index is 2.62. The number of allylic oxidation sites excluding steroid dienone is 4. The van der Waals surface area contributed by atoms with Crippen molar-refractivity contribution in [1.29, 1.82) is 0 Å². The Hall–Kier alpha value is -1.71. The molecular formula is C15H18O4. The molecule has 2 aliphatic rings. The fraction of sp³-hybridized carbons (Fsp3) is 0.533. The lowest BCUT2D eigenvalue weighted by Gasteiger charge is -2.36. The van der Waals surface area contributed by atoms with E-state index in [1.807, 2.05) is 19.1 Å². The summed E-state index contributed by atoms with van der Waals surface area (Å²) in [5.74, 6) is -1.09. The predicted molar refractivity (Wildman–Crippen MR) is 69.3 cm³/mol. The highest BCUT2D eigenvalue weighted by molar-refractivity contribution is 6.27. The van der Waals surface area contributed by atoms with Crippen LogP contribution < -0.4 is 0 Å². The summed E-state index contributed by atoms with van der Waals surface area (Å²) in [5.41, 5.74) is -0.193. The van der Waals surface area contributed by atoms with Gasteiger partial charge in [0.15, 0.2) is 11.6 Å². The van der Waals surface area contributed by atoms with Crippen molar-refractivity contribution < 1.29 is 19.1 Å². The molecule has 0 aromatic carbocycles. The highest BCUT2D eigenvalue weighted by Crippen LogP contribution is 2.46. The van der Waals surface area contributed by atoms with Crippen molar-refractivity contribution >= 4 is 17.5 Å². The van der Waals surface area contributed by atoms with Gasteiger partial charge in [-0.25, -0.2) is 0 Å². The molecule has 0 spiro atoms. The molecular weight excluding hydrogens is 244 g/mol. The summed E-state index contributed by atoms with van der Waals surface area (Å²) in [6.07, 6.45) is 5.35. The first-order chi connectivity index (χ1) is 8.94. The third-order valence-corrected chi connectivity index (χ3v) is 4.25. The Kier molecular flexibility index (Phi) is 3.43. The minimum absolute atomic E-state index is 0.0643. The fourth-order valence-corrected chi connectivity index (χ4v) is 3.16. The topological polar surface area (TPSA) is 60.4 Å². The Morgan fingerprint density at radius 2 is 2.05 bits per heavy atom. The van der Waals surface area contributed by atoms with Gasteiger partial charge in [-0.15, -0.1) is 0 Å². The van der Waals surface area contributed by atoms with Crippen LogP contribution in [0.3, 0.4) is 0 Å². The van der Waals surface area contributed by atoms with E-state index in [1.165, 1.54) is 14.0 Å². The highest BCUT2D eigenvalue weighted by Gasteiger charge is 2.53. The molecule has 19 heavy (non-hydrogen) atoms. The molecule has 0 N–H and O–H groups in total. The predicted octanol–water partition coefficient (Wildman–Crippen LogP) is 1.99. The second-order valence-electron chi connectivity index (χ2n) is 5.33. The SMILES string of the molecule is COC(=O)[C@@]12CC=CC[C@@H](C1)C(C)=C(C(C)=O)C2=O. The van der Waals surface area contributed by atoms with Gasteiger partial charge in [0.2, 0.25) is 0 Å². The Labute approximate surface area is 112 Å². The highest BCUT2D eigenvalue weighted by atomic mass is 16.5. The first kappa shape index (κ1) is 13.7. The van der Waals surface area contributed by atoms with E-state index in [0.717, 1.165) is 12.0 Å². The van der Waals surface area contributed by atoms with E-state index in [2.05, 4.69) is 0 Å². The van der Waals surface area contributed by atoms with Crippen molar-refractivity contribution in [1.82, 2.24) is 0 Å². The minimum atomic E-state index is -1.20. The van der Waals surface area contributed by atoms with Gasteiger partial charge in [0, 0.05) is 0 Å². The molecule has 0 saturated heterocycles. The molecule has 0 amide bonds. The molecule has 2 rings (SSSR count). The molecule has 2 atom stereocenters. The van der Waals surface area contributed by atoms with E-state index < -0.39 is 11.4 Å². The number of rotatable bonds is 2. The maximum absolute atomic E-state index is 12.6. The van der Waals surface area contributed by atoms with E-state index in [-0.39, 0.29) is 23.1 Å². The van der Waals surface area contributed by atoms with E-state index >= 15 is 0 Å². The number of esters is 1. The van der Waals surface area contributed by atoms with Crippen LogP contribution in [0.2, 0.25) is 0 Å². The number of ketones is 2. The van der Waals surface area contributed by atoms with E-state index in [9.17, 15) is 14.4 Å². The maximum Gasteiger partial charge on any atom is 0.320 e. The van der Waals surface area contributed by atoms with Gasteiger partial charge in [-0.2, -0.15) is 0 Å². The van der Waals surface area contributed by atoms with Crippen molar-refractivity contribution in [3.63, 3.8) is 0 Å². The number of hydrogen-bond acceptors (Lipinski definition) is 4. The lowest BCUT2D eigenvalue weighted by atomic mass is 9.64. The molecule has 102 valence electrons. The first-order valence-electron chi connectivity index (χ1n) is 6.44. The van der Waals surface area contributed by atoms with Gasteiger partial charge in [-0.05, 0) is 39.0 Å². The summed E-state index contributed by atoms with van der Waals surface area (Å²) in [6.45, 7) is 3.20. The average molecular weight is 262 g/mol. The molecule has 2 bridgehead atoms. The number of hydrogen-bond donors (Lipinski definition) is 0. The van der Waals surface area contributed by atoms with Crippen molar-refractivity contribution in [2.75, 3.05) is 7.11 Å². The van der Waals surface area contributed by atoms with Gasteiger partial charge in [0.1, 0.15) is 5.41 Å². The molecule has 0 saturated carbocycles. The molecule has 2 aliphatic carbocycles. The summed E-state index contributed by atoms with van der Waals surface area (Å²) in [7, 11) is 1.28. The number of Topliss-reactive ketones (excluding diaryl/α,β-unsaturated/α-hetero) is 2. The second kappa shape index (κ2) is 4.76. The van der Waals surface area contributed by atoms with Crippen LogP contribution in [0.1, 0.15) is 33.1 Å². The number of carbonyl (C=O) groups excluding carboxylic acids is 3. The summed E-state index contributed by atoms with van der Waals surface area (Å²) in [4.78, 5) is 36.5. The summed E-state index contributed by atoms with van der Waals surface area (Å²) in [5, 5.41) is 0. The number of carbonyl (C=O) groups is 3. The van der Waals surface area contributed by atoms with Crippen LogP contribution in [0, 0.1) is 11.3 Å². The Morgan fingerprint density at radius 3 is 2.63 bits per heavy atom. The van der Waals surface area contributed by atoms with E-state index in [0.29, 0.717) is 12.8 Å². The Bertz CT molecular complexity index is 512. The molecule has 0 heterocycles. The number of methoxy groups -OCH3 is 1. The van der Waals surface area contributed by atoms with Crippen LogP contribution in [0.15, 0.2) is 23.3 Å². The van der Waals surface area contributed by atoms with Crippen molar-refractivity contribution in [2.45, 2.75) is 33.1 Å². The third kappa shape index (κ3) is 1.95. The third-order valence-electron chi connectivity index (χ3n) is 4.25. The maximum atomic E-state index is 12.6. The van der Waals surface area contributed by atoms with Gasteiger partial charge in [-0.1, -0.05) is 17.7 Å². The molecule has 4 heteroatoms. The Morgan fingerprint density at radius 1 is 1.37 bits per heavy atom. The van der Waals surface area contributed by atoms with Crippen LogP contribution in [-0.2, 0) is 19.1 Å². The van der Waals surface area contributed by atoms with E-state index in [1.54, 1.807) is 0 Å². The monoisotopic (exact) mass is 262 g/mol. The largest absolute Gasteiger partial charge is 0.468 e. The van der Waals surface area contributed by atoms with Crippen molar-refractivity contribution in [2.24, 2.45) is 11.3 Å². The summed E-state index contributed by atoms with van der Waals surface area (Å²) < 4.78 is 4.83. The van der Waals surface area contributed by atoms with Crippen LogP contribution in [0.25, 0.3) is 0 Å². The smallest absolute Gasteiger partial charge is 0.320 e. The van der Waals surface area contributed by atoms with Crippen LogP contribution in [0.4, 0.5) is 0 Å². The van der Waals surface area contributed by atoms with Gasteiger partial charge in [-0.3, -0.25) is 14.4 Å². The van der Waals surface area contributed by atoms with Crippen molar-refractivity contribution in [3.05, 3.63) is 23.3 Å². The quantitative estimate of drug-likeness (QED) is 0.330. The molecule has 0 aliphatic heterocycles. The fourth-order valence-electron chi connectivity index (χ4n) is 3.16.